The summed E-state index contributed by atoms with van der Waals surface area (Å²) >= 11 is 0. The Kier molecular flexibility index (Phi) is 4.18. The average Bonchev–Trinajstić information content (AvgIpc) is 2.42. The standard InChI is InChI=1S/C24H32O2/c1-15-9-10-18-17(11-15)21-19(25)12-16(13-20(21)26-24(18,7)8)23(5,6)14-22(2,3)4/h9-13,25H,14H2,1-8H3. The minimum Gasteiger partial charge on any atom is -0.507 e. The largest absolute Gasteiger partial charge is 0.507 e. The van der Waals surface area contributed by atoms with E-state index in [1.54, 1.807) is 0 Å². The molecule has 140 valence electrons. The fraction of sp³-hybridized carbons (Fsp3) is 0.500. The van der Waals surface area contributed by atoms with E-state index in [0.29, 0.717) is 5.75 Å². The third-order valence-corrected chi connectivity index (χ3v) is 5.29. The smallest absolute Gasteiger partial charge is 0.132 e. The lowest BCUT2D eigenvalue weighted by molar-refractivity contribution is 0.105. The fourth-order valence-electron chi connectivity index (χ4n) is 4.49. The maximum absolute atomic E-state index is 10.9. The lowest BCUT2D eigenvalue weighted by Gasteiger charge is -2.38. The van der Waals surface area contributed by atoms with Crippen molar-refractivity contribution in [3.8, 4) is 22.6 Å². The molecule has 0 unspecified atom stereocenters. The molecule has 0 spiro atoms. The number of fused-ring (bicyclic) bond motifs is 3. The van der Waals surface area contributed by atoms with Gasteiger partial charge in [0.2, 0.25) is 0 Å². The Morgan fingerprint density at radius 2 is 1.65 bits per heavy atom. The van der Waals surface area contributed by atoms with Crippen LogP contribution in [0.1, 0.15) is 71.6 Å². The molecule has 0 saturated carbocycles. The summed E-state index contributed by atoms with van der Waals surface area (Å²) in [4.78, 5) is 0. The number of phenols is 1. The van der Waals surface area contributed by atoms with Gasteiger partial charge < -0.3 is 9.84 Å². The first-order valence-corrected chi connectivity index (χ1v) is 9.48. The Bertz CT molecular complexity index is 851. The maximum atomic E-state index is 10.9. The van der Waals surface area contributed by atoms with Crippen molar-refractivity contribution in [1.82, 2.24) is 0 Å². The zero-order valence-corrected chi connectivity index (χ0v) is 17.4. The lowest BCUT2D eigenvalue weighted by Crippen LogP contribution is -2.30. The predicted molar refractivity (Wildman–Crippen MR) is 109 cm³/mol. The van der Waals surface area contributed by atoms with Crippen LogP contribution in [-0.4, -0.2) is 5.11 Å². The molecule has 0 aliphatic carbocycles. The van der Waals surface area contributed by atoms with E-state index in [0.717, 1.165) is 34.4 Å². The van der Waals surface area contributed by atoms with E-state index in [4.69, 9.17) is 4.74 Å². The molecule has 3 rings (SSSR count). The van der Waals surface area contributed by atoms with Crippen LogP contribution in [0.2, 0.25) is 0 Å². The van der Waals surface area contributed by atoms with Gasteiger partial charge in [-0.2, -0.15) is 0 Å². The fourth-order valence-corrected chi connectivity index (χ4v) is 4.49. The molecule has 2 aromatic carbocycles. The number of hydrogen-bond donors (Lipinski definition) is 1. The van der Waals surface area contributed by atoms with Crippen LogP contribution in [0.3, 0.4) is 0 Å². The summed E-state index contributed by atoms with van der Waals surface area (Å²) in [7, 11) is 0. The lowest BCUT2D eigenvalue weighted by atomic mass is 9.71. The molecule has 0 aromatic heterocycles. The Morgan fingerprint density at radius 1 is 1.00 bits per heavy atom. The van der Waals surface area contributed by atoms with Crippen LogP contribution in [0.25, 0.3) is 11.1 Å². The molecule has 0 saturated heterocycles. The van der Waals surface area contributed by atoms with E-state index in [1.165, 1.54) is 5.56 Å². The first-order valence-electron chi connectivity index (χ1n) is 9.48. The van der Waals surface area contributed by atoms with Gasteiger partial charge >= 0.3 is 0 Å². The van der Waals surface area contributed by atoms with Crippen molar-refractivity contribution in [2.45, 2.75) is 72.8 Å². The third kappa shape index (κ3) is 3.34. The molecule has 26 heavy (non-hydrogen) atoms. The van der Waals surface area contributed by atoms with Gasteiger partial charge in [0.1, 0.15) is 17.1 Å². The van der Waals surface area contributed by atoms with Crippen LogP contribution in [-0.2, 0) is 11.0 Å². The zero-order valence-electron chi connectivity index (χ0n) is 17.4. The molecule has 0 bridgehead atoms. The molecule has 1 aliphatic rings. The van der Waals surface area contributed by atoms with E-state index < -0.39 is 5.60 Å². The van der Waals surface area contributed by atoms with Gasteiger partial charge in [0, 0.05) is 5.56 Å². The first kappa shape index (κ1) is 18.8. The normalized spacial score (nSPS) is 15.8. The predicted octanol–water partition coefficient (Wildman–Crippen LogP) is 6.71. The van der Waals surface area contributed by atoms with Crippen molar-refractivity contribution in [2.24, 2.45) is 5.41 Å². The molecule has 1 N–H and O–H groups in total. The van der Waals surface area contributed by atoms with E-state index in [2.05, 4.69) is 79.7 Å². The van der Waals surface area contributed by atoms with Crippen LogP contribution < -0.4 is 4.74 Å². The number of ether oxygens (including phenoxy) is 1. The summed E-state index contributed by atoms with van der Waals surface area (Å²) in [6, 6.07) is 10.4. The van der Waals surface area contributed by atoms with Gasteiger partial charge in [0.25, 0.3) is 0 Å². The maximum Gasteiger partial charge on any atom is 0.132 e. The van der Waals surface area contributed by atoms with Gasteiger partial charge in [-0.15, -0.1) is 0 Å². The molecule has 1 aliphatic heterocycles. The van der Waals surface area contributed by atoms with E-state index in [-0.39, 0.29) is 10.8 Å². The van der Waals surface area contributed by atoms with Crippen LogP contribution in [0.15, 0.2) is 30.3 Å². The molecule has 0 fully saturated rings. The van der Waals surface area contributed by atoms with Crippen molar-refractivity contribution in [1.29, 1.82) is 0 Å². The van der Waals surface area contributed by atoms with Gasteiger partial charge in [-0.25, -0.2) is 0 Å². The van der Waals surface area contributed by atoms with Crippen LogP contribution in [0.4, 0.5) is 0 Å². The Balaban J connectivity index is 2.19. The van der Waals surface area contributed by atoms with Gasteiger partial charge in [-0.1, -0.05) is 58.4 Å². The van der Waals surface area contributed by atoms with Crippen molar-refractivity contribution >= 4 is 0 Å². The highest BCUT2D eigenvalue weighted by Gasteiger charge is 2.36. The summed E-state index contributed by atoms with van der Waals surface area (Å²) in [6.45, 7) is 17.5. The topological polar surface area (TPSA) is 29.5 Å². The average molecular weight is 353 g/mol. The van der Waals surface area contributed by atoms with Crippen molar-refractivity contribution in [3.05, 3.63) is 47.0 Å². The number of hydrogen-bond acceptors (Lipinski definition) is 2. The number of benzene rings is 2. The number of rotatable bonds is 2. The minimum absolute atomic E-state index is 0.0505. The number of phenolic OH excluding ortho intramolecular Hbond substituents is 1. The highest BCUT2D eigenvalue weighted by Crippen LogP contribution is 2.51. The van der Waals surface area contributed by atoms with Crippen LogP contribution >= 0.6 is 0 Å². The second kappa shape index (κ2) is 5.77. The second-order valence-electron chi connectivity index (χ2n) is 10.2. The van der Waals surface area contributed by atoms with E-state index in [1.807, 2.05) is 6.07 Å². The van der Waals surface area contributed by atoms with Crippen molar-refractivity contribution < 1.29 is 9.84 Å². The summed E-state index contributed by atoms with van der Waals surface area (Å²) < 4.78 is 6.37. The molecule has 2 nitrogen and oxygen atoms in total. The first-order chi connectivity index (χ1) is 11.8. The Labute approximate surface area is 158 Å². The molecule has 0 radical (unpaired) electrons. The molecule has 1 heterocycles. The SMILES string of the molecule is Cc1ccc2c(c1)-c1c(O)cc(C(C)(C)CC(C)(C)C)cc1OC2(C)C. The molecule has 2 aromatic rings. The molecule has 0 atom stereocenters. The molecular weight excluding hydrogens is 320 g/mol. The third-order valence-electron chi connectivity index (χ3n) is 5.29. The van der Waals surface area contributed by atoms with E-state index >= 15 is 0 Å². The summed E-state index contributed by atoms with van der Waals surface area (Å²) in [5.41, 5.74) is 5.05. The molecule has 0 amide bonds. The van der Waals surface area contributed by atoms with Gasteiger partial charge in [0.15, 0.2) is 0 Å². The molecular formula is C24H32O2. The van der Waals surface area contributed by atoms with Crippen molar-refractivity contribution in [3.63, 3.8) is 0 Å². The number of aryl methyl sites for hydroxylation is 1. The Morgan fingerprint density at radius 3 is 2.27 bits per heavy atom. The highest BCUT2D eigenvalue weighted by molar-refractivity contribution is 5.82. The van der Waals surface area contributed by atoms with Gasteiger partial charge in [0.05, 0.1) is 5.56 Å². The second-order valence-corrected chi connectivity index (χ2v) is 10.2. The number of aromatic hydroxyl groups is 1. The summed E-state index contributed by atoms with van der Waals surface area (Å²) in [6.07, 6.45) is 1.03. The van der Waals surface area contributed by atoms with Crippen molar-refractivity contribution in [2.75, 3.05) is 0 Å². The van der Waals surface area contributed by atoms with Crippen LogP contribution in [0.5, 0.6) is 11.5 Å². The highest BCUT2D eigenvalue weighted by atomic mass is 16.5. The Hall–Kier alpha value is -1.96. The zero-order chi connectivity index (χ0) is 19.5. The minimum atomic E-state index is -0.421. The summed E-state index contributed by atoms with van der Waals surface area (Å²) in [5, 5.41) is 10.9. The van der Waals surface area contributed by atoms with E-state index in [9.17, 15) is 5.11 Å². The van der Waals surface area contributed by atoms with Gasteiger partial charge in [-0.3, -0.25) is 0 Å². The quantitative estimate of drug-likeness (QED) is 0.651. The van der Waals surface area contributed by atoms with Gasteiger partial charge in [-0.05, 0) is 61.3 Å². The molecule has 2 heteroatoms. The monoisotopic (exact) mass is 352 g/mol. The van der Waals surface area contributed by atoms with Crippen LogP contribution in [0, 0.1) is 12.3 Å². The summed E-state index contributed by atoms with van der Waals surface area (Å²) in [5.74, 6) is 1.09.